The molecule has 0 spiro atoms. The van der Waals surface area contributed by atoms with Gasteiger partial charge in [-0.15, -0.1) is 0 Å². The van der Waals surface area contributed by atoms with Crippen molar-refractivity contribution < 1.29 is 0 Å². The number of allylic oxidation sites excluding steroid dienone is 3. The lowest BCUT2D eigenvalue weighted by Gasteiger charge is -2.07. The predicted molar refractivity (Wildman–Crippen MR) is 98.8 cm³/mol. The van der Waals surface area contributed by atoms with Crippen LogP contribution in [0.15, 0.2) is 72.9 Å². The lowest BCUT2D eigenvalue weighted by Crippen LogP contribution is -2.06. The molecule has 1 N–H and O–H groups in total. The van der Waals surface area contributed by atoms with Crippen molar-refractivity contribution in [2.24, 2.45) is 0 Å². The van der Waals surface area contributed by atoms with E-state index in [0.717, 1.165) is 17.6 Å². The van der Waals surface area contributed by atoms with Crippen molar-refractivity contribution in [1.29, 1.82) is 5.26 Å². The lowest BCUT2D eigenvalue weighted by molar-refractivity contribution is 1.04. The average molecular weight is 304 g/mol. The van der Waals surface area contributed by atoms with Crippen molar-refractivity contribution in [2.75, 3.05) is 7.05 Å². The van der Waals surface area contributed by atoms with Crippen LogP contribution in [0.5, 0.6) is 0 Å². The number of nitrogens with zero attached hydrogens (tertiary/aromatic N) is 1. The number of rotatable bonds is 4. The molecular weight excluding hydrogens is 280 g/mol. The number of hydrogen-bond donors (Lipinski definition) is 1. The molecule has 0 unspecified atom stereocenters. The van der Waals surface area contributed by atoms with Gasteiger partial charge >= 0.3 is 0 Å². The van der Waals surface area contributed by atoms with E-state index >= 15 is 0 Å². The highest BCUT2D eigenvalue weighted by Gasteiger charge is 2.04. The Morgan fingerprint density at radius 1 is 1.17 bits per heavy atom. The summed E-state index contributed by atoms with van der Waals surface area (Å²) in [4.78, 5) is 0. The maximum atomic E-state index is 9.00. The Morgan fingerprint density at radius 2 is 1.87 bits per heavy atom. The molecule has 0 aliphatic carbocycles. The van der Waals surface area contributed by atoms with Crippen molar-refractivity contribution in [3.05, 3.63) is 89.6 Å². The summed E-state index contributed by atoms with van der Waals surface area (Å²) in [6, 6.07) is 20.6. The highest BCUT2D eigenvalue weighted by Crippen LogP contribution is 2.19. The maximum Gasteiger partial charge on any atom is 0.121 e. The van der Waals surface area contributed by atoms with Crippen LogP contribution in [0.4, 0.5) is 0 Å². The highest BCUT2D eigenvalue weighted by atomic mass is 14.8. The average Bonchev–Trinajstić information content (AvgIpc) is 2.60. The molecule has 0 amide bonds. The summed E-state index contributed by atoms with van der Waals surface area (Å²) in [5, 5.41) is 11.9. The molecule has 0 radical (unpaired) electrons. The van der Waals surface area contributed by atoms with Crippen molar-refractivity contribution >= 4 is 5.57 Å². The molecule has 0 saturated carbocycles. The van der Waals surface area contributed by atoms with Crippen LogP contribution in [0, 0.1) is 18.3 Å². The van der Waals surface area contributed by atoms with Gasteiger partial charge < -0.3 is 5.32 Å². The fourth-order valence-electron chi connectivity index (χ4n) is 2.11. The van der Waals surface area contributed by atoms with Gasteiger partial charge in [0.25, 0.3) is 0 Å². The van der Waals surface area contributed by atoms with Crippen molar-refractivity contribution in [1.82, 2.24) is 5.32 Å². The molecule has 0 heterocycles. The van der Waals surface area contributed by atoms with E-state index < -0.39 is 0 Å². The molecule has 0 saturated heterocycles. The number of aryl methyl sites for hydroxylation is 2. The van der Waals surface area contributed by atoms with Crippen molar-refractivity contribution in [3.63, 3.8) is 0 Å². The minimum atomic E-state index is 0.545. The number of nitriles is 1. The largest absolute Gasteiger partial charge is 0.379 e. The van der Waals surface area contributed by atoms with E-state index in [2.05, 4.69) is 56.1 Å². The molecule has 0 bridgehead atoms. The summed E-state index contributed by atoms with van der Waals surface area (Å²) in [6.45, 7) is 7.95. The Labute approximate surface area is 139 Å². The van der Waals surface area contributed by atoms with E-state index in [9.17, 15) is 0 Å². The molecular formula is C21H24N2. The first-order chi connectivity index (χ1) is 11.2. The van der Waals surface area contributed by atoms with Crippen molar-refractivity contribution in [2.45, 2.75) is 20.3 Å². The van der Waals surface area contributed by atoms with Gasteiger partial charge in [-0.2, -0.15) is 5.26 Å². The van der Waals surface area contributed by atoms with Crippen molar-refractivity contribution in [3.8, 4) is 6.07 Å². The van der Waals surface area contributed by atoms with Gasteiger partial charge in [-0.3, -0.25) is 0 Å². The van der Waals surface area contributed by atoms with Crippen LogP contribution >= 0.6 is 0 Å². The Balaban J connectivity index is 0.000000313. The van der Waals surface area contributed by atoms with E-state index in [4.69, 9.17) is 5.26 Å². The molecule has 0 aromatic heterocycles. The molecule has 2 aromatic carbocycles. The zero-order chi connectivity index (χ0) is 17.1. The smallest absolute Gasteiger partial charge is 0.121 e. The summed E-state index contributed by atoms with van der Waals surface area (Å²) in [7, 11) is 1.74. The molecule has 2 nitrogen and oxygen atoms in total. The SMILES string of the molecule is C=C/C(=C(/C#N)NC)c1cccc(CC)c1.Cc1ccccc1. The highest BCUT2D eigenvalue weighted by molar-refractivity contribution is 5.78. The van der Waals surface area contributed by atoms with Gasteiger partial charge in [-0.25, -0.2) is 0 Å². The Morgan fingerprint density at radius 3 is 2.30 bits per heavy atom. The topological polar surface area (TPSA) is 35.8 Å². The standard InChI is InChI=1S/C14H16N2.C7H8/c1-4-11-7-6-8-12(9-11)13(5-2)14(10-15)16-3;1-7-5-3-2-4-6-7/h5-9,16H,2,4H2,1,3H3;2-6H,1H3/b14-13+;. The second-order valence-corrected chi connectivity index (χ2v) is 5.06. The molecule has 0 fully saturated rings. The van der Waals surface area contributed by atoms with Gasteiger partial charge in [0.1, 0.15) is 11.8 Å². The van der Waals surface area contributed by atoms with Gasteiger partial charge in [0.15, 0.2) is 0 Å². The minimum Gasteiger partial charge on any atom is -0.379 e. The summed E-state index contributed by atoms with van der Waals surface area (Å²) in [5.74, 6) is 0. The lowest BCUT2D eigenvalue weighted by atomic mass is 10.0. The molecule has 2 rings (SSSR count). The van der Waals surface area contributed by atoms with E-state index in [1.807, 2.05) is 30.3 Å². The number of benzene rings is 2. The summed E-state index contributed by atoms with van der Waals surface area (Å²) < 4.78 is 0. The first-order valence-electron chi connectivity index (χ1n) is 7.71. The van der Waals surface area contributed by atoms with Gasteiger partial charge in [-0.1, -0.05) is 79.7 Å². The molecule has 0 aliphatic heterocycles. The molecule has 0 aliphatic rings. The van der Waals surface area contributed by atoms with Crippen LogP contribution in [0.1, 0.15) is 23.6 Å². The fourth-order valence-corrected chi connectivity index (χ4v) is 2.11. The Hall–Kier alpha value is -2.79. The molecule has 0 atom stereocenters. The van der Waals surface area contributed by atoms with Crippen LogP contribution < -0.4 is 5.32 Å². The third-order valence-electron chi connectivity index (χ3n) is 3.42. The third kappa shape index (κ3) is 5.84. The summed E-state index contributed by atoms with van der Waals surface area (Å²) in [6.07, 6.45) is 2.70. The fraction of sp³-hybridized carbons (Fsp3) is 0.190. The molecule has 2 heteroatoms. The third-order valence-corrected chi connectivity index (χ3v) is 3.42. The summed E-state index contributed by atoms with van der Waals surface area (Å²) >= 11 is 0. The van der Waals surface area contributed by atoms with Gasteiger partial charge in [0, 0.05) is 12.6 Å². The van der Waals surface area contributed by atoms with Crippen LogP contribution in [0.2, 0.25) is 0 Å². The Kier molecular flexibility index (Phi) is 7.96. The maximum absolute atomic E-state index is 9.00. The summed E-state index contributed by atoms with van der Waals surface area (Å²) in [5.41, 5.74) is 5.00. The predicted octanol–water partition coefficient (Wildman–Crippen LogP) is 4.88. The first-order valence-corrected chi connectivity index (χ1v) is 7.71. The van der Waals surface area contributed by atoms with E-state index in [1.54, 1.807) is 13.1 Å². The molecule has 23 heavy (non-hydrogen) atoms. The van der Waals surface area contributed by atoms with Crippen LogP contribution in [-0.4, -0.2) is 7.05 Å². The Bertz CT molecular complexity index is 691. The number of hydrogen-bond acceptors (Lipinski definition) is 2. The second kappa shape index (κ2) is 10.0. The van der Waals surface area contributed by atoms with Crippen LogP contribution in [0.3, 0.4) is 0 Å². The van der Waals surface area contributed by atoms with Gasteiger partial charge in [0.05, 0.1) is 0 Å². The monoisotopic (exact) mass is 304 g/mol. The second-order valence-electron chi connectivity index (χ2n) is 5.06. The van der Waals surface area contributed by atoms with E-state index in [1.165, 1.54) is 11.1 Å². The first kappa shape index (κ1) is 18.3. The quantitative estimate of drug-likeness (QED) is 0.645. The normalized spacial score (nSPS) is 10.5. The van der Waals surface area contributed by atoms with E-state index in [-0.39, 0.29) is 0 Å². The zero-order valence-electron chi connectivity index (χ0n) is 14.1. The van der Waals surface area contributed by atoms with Crippen LogP contribution in [-0.2, 0) is 6.42 Å². The zero-order valence-corrected chi connectivity index (χ0v) is 14.1. The minimum absolute atomic E-state index is 0.545. The van der Waals surface area contributed by atoms with Gasteiger partial charge in [0.2, 0.25) is 0 Å². The molecule has 2 aromatic rings. The number of nitrogens with one attached hydrogen (secondary N) is 1. The molecule has 118 valence electrons. The van der Waals surface area contributed by atoms with Gasteiger partial charge in [-0.05, 0) is 24.5 Å². The van der Waals surface area contributed by atoms with Crippen LogP contribution in [0.25, 0.3) is 5.57 Å². The van der Waals surface area contributed by atoms with E-state index in [0.29, 0.717) is 5.70 Å².